The molecule has 11 rings (SSSR count). The van der Waals surface area contributed by atoms with E-state index < -0.39 is 28.3 Å². The van der Waals surface area contributed by atoms with Gasteiger partial charge in [-0.15, -0.1) is 0 Å². The predicted octanol–water partition coefficient (Wildman–Crippen LogP) is 13.1. The van der Waals surface area contributed by atoms with E-state index in [0.717, 1.165) is 0 Å². The van der Waals surface area contributed by atoms with Crippen LogP contribution in [-0.2, 0) is 20.3 Å². The van der Waals surface area contributed by atoms with Gasteiger partial charge in [0.05, 0.1) is 0 Å². The molecule has 2 aliphatic carbocycles. The minimum atomic E-state index is -3.27. The van der Waals surface area contributed by atoms with Gasteiger partial charge < -0.3 is 0 Å². The molecule has 2 heteroatoms. The number of hydrogen-bond acceptors (Lipinski definition) is 0. The quantitative estimate of drug-likeness (QED) is 0.121. The Bertz CT molecular complexity index is 2830. The third kappa shape index (κ3) is 4.22. The Balaban J connectivity index is 1.26. The van der Waals surface area contributed by atoms with Crippen molar-refractivity contribution in [2.24, 2.45) is 0 Å². The van der Waals surface area contributed by atoms with Crippen molar-refractivity contribution < 1.29 is 20.3 Å². The summed E-state index contributed by atoms with van der Waals surface area (Å²) in [5, 5.41) is 14.0. The van der Waals surface area contributed by atoms with Gasteiger partial charge in [0.15, 0.2) is 0 Å². The Hall–Kier alpha value is -4.62. The van der Waals surface area contributed by atoms with Crippen molar-refractivity contribution in [3.63, 3.8) is 0 Å². The van der Waals surface area contributed by atoms with Gasteiger partial charge in [-0.05, 0) is 0 Å². The van der Waals surface area contributed by atoms with Gasteiger partial charge in [-0.2, -0.15) is 0 Å². The van der Waals surface area contributed by atoms with Crippen LogP contribution in [0.3, 0.4) is 0 Å². The van der Waals surface area contributed by atoms with Crippen LogP contribution in [0.15, 0.2) is 157 Å². The molecule has 0 amide bonds. The van der Waals surface area contributed by atoms with Gasteiger partial charge in [-0.3, -0.25) is 0 Å². The van der Waals surface area contributed by atoms with Gasteiger partial charge >= 0.3 is 327 Å². The molecule has 0 N–H and O–H groups in total. The number of benzene rings is 8. The summed E-state index contributed by atoms with van der Waals surface area (Å²) in [5.41, 5.74) is 15.5. The molecule has 0 nitrogen and oxygen atoms in total. The Morgan fingerprint density at radius 2 is 0.815 bits per heavy atom. The van der Waals surface area contributed by atoms with Gasteiger partial charge in [0.25, 0.3) is 0 Å². The van der Waals surface area contributed by atoms with Crippen LogP contribution in [0, 0.1) is 0 Å². The maximum atomic E-state index is 2.79. The average molecular weight is 788 g/mol. The summed E-state index contributed by atoms with van der Waals surface area (Å²) in [6.45, 7) is 10.3. The molecule has 0 saturated heterocycles. The fraction of sp³-hybridized carbons (Fsp3) is 0.154. The molecule has 3 aliphatic rings. The summed E-state index contributed by atoms with van der Waals surface area (Å²) in [7, 11) is -2.32. The molecule has 1 heterocycles. The second-order valence-electron chi connectivity index (χ2n) is 17.3. The first-order valence-electron chi connectivity index (χ1n) is 19.7. The van der Waals surface area contributed by atoms with Crippen LogP contribution in [-0.4, -0.2) is 8.07 Å². The molecule has 8 aromatic carbocycles. The maximum absolute atomic E-state index is 3.27. The van der Waals surface area contributed by atoms with Gasteiger partial charge in [-0.1, -0.05) is 0 Å². The molecule has 2 unspecified atom stereocenters. The van der Waals surface area contributed by atoms with Gasteiger partial charge in [0.2, 0.25) is 0 Å². The summed E-state index contributed by atoms with van der Waals surface area (Å²) < 4.78 is 6.52. The minimum absolute atomic E-state index is 0.474. The molecule has 0 aromatic heterocycles. The van der Waals surface area contributed by atoms with Crippen LogP contribution in [0.25, 0.3) is 54.2 Å². The van der Waals surface area contributed by atoms with Crippen molar-refractivity contribution in [3.05, 3.63) is 190 Å². The monoisotopic (exact) mass is 786 g/mol. The summed E-state index contributed by atoms with van der Waals surface area (Å²) >= 11 is -3.27. The van der Waals surface area contributed by atoms with Gasteiger partial charge in [0.1, 0.15) is 0 Å². The van der Waals surface area contributed by atoms with Crippen molar-refractivity contribution in [1.82, 2.24) is 0 Å². The van der Waals surface area contributed by atoms with Crippen LogP contribution >= 0.6 is 0 Å². The van der Waals surface area contributed by atoms with Crippen molar-refractivity contribution in [2.75, 3.05) is 0 Å². The number of rotatable bonds is 2. The second kappa shape index (κ2) is 11.5. The molecule has 0 spiro atoms. The SMILES string of the molecule is CC1=C(c2cccc3ccc4ccccc4c23)c2c3cccc2[Si](C)(C)c2cccc4c2C(c2cccc5ccc6ccccc6c25)=C(C)[CH]4[Zr]([CH3])([CH3])[CH]13. The second-order valence-corrected chi connectivity index (χ2v) is 33.5. The van der Waals surface area contributed by atoms with E-state index in [0.29, 0.717) is 7.25 Å². The molecule has 8 aromatic rings. The van der Waals surface area contributed by atoms with Gasteiger partial charge in [0, 0.05) is 0 Å². The van der Waals surface area contributed by atoms with Crippen molar-refractivity contribution in [3.8, 4) is 0 Å². The van der Waals surface area contributed by atoms with E-state index in [1.165, 1.54) is 65.4 Å². The molecular formula is C52H44SiZr. The van der Waals surface area contributed by atoms with E-state index in [1.807, 2.05) is 0 Å². The molecule has 1 aliphatic heterocycles. The summed E-state index contributed by atoms with van der Waals surface area (Å²) in [5.74, 6) is 0. The first-order valence-corrected chi connectivity index (χ1v) is 30.4. The van der Waals surface area contributed by atoms with E-state index in [9.17, 15) is 0 Å². The fourth-order valence-electron chi connectivity index (χ4n) is 11.8. The third-order valence-electron chi connectivity index (χ3n) is 13.9. The van der Waals surface area contributed by atoms with E-state index in [1.54, 1.807) is 43.8 Å². The van der Waals surface area contributed by atoms with E-state index >= 15 is 0 Å². The van der Waals surface area contributed by atoms with Crippen LogP contribution in [0.4, 0.5) is 0 Å². The molecule has 0 saturated carbocycles. The molecule has 260 valence electrons. The standard InChI is InChI=1S/C50H38Si.2CH3.Zr/c1-31-29-37-17-11-23-43(49(37)45(31)41-21-9-15-35-27-25-33-13-5-7-19-39(33)47(35)41)51(3,4)44-24-12-18-38-30-32(2)46(50(38)44)42-22-10-16-36-28-26-34-14-6-8-20-40(34)48(36)42;;;/h5-30H,1-4H3;2*1H3;. The topological polar surface area (TPSA) is 0 Å². The average Bonchev–Trinajstić information content (AvgIpc) is 3.67. The van der Waals surface area contributed by atoms with E-state index in [2.05, 4.69) is 182 Å². The molecular weight excluding hydrogens is 744 g/mol. The third-order valence-corrected chi connectivity index (χ3v) is 28.4. The number of allylic oxidation sites excluding steroid dienone is 2. The molecule has 0 radical (unpaired) electrons. The molecule has 8 bridgehead atoms. The van der Waals surface area contributed by atoms with Crippen molar-refractivity contribution in [2.45, 2.75) is 43.5 Å². The first-order chi connectivity index (χ1) is 26.2. The van der Waals surface area contributed by atoms with Crippen molar-refractivity contribution >= 4 is 72.7 Å². The fourth-order valence-corrected chi connectivity index (χ4v) is 27.1. The van der Waals surface area contributed by atoms with Crippen LogP contribution in [0.5, 0.6) is 0 Å². The van der Waals surface area contributed by atoms with Crippen LogP contribution in [0.2, 0.25) is 22.4 Å². The van der Waals surface area contributed by atoms with E-state index in [4.69, 9.17) is 0 Å². The first kappa shape index (κ1) is 32.8. The Morgan fingerprint density at radius 3 is 1.28 bits per heavy atom. The van der Waals surface area contributed by atoms with Crippen LogP contribution in [0.1, 0.15) is 54.5 Å². The Kier molecular flexibility index (Phi) is 6.95. The zero-order valence-electron chi connectivity index (χ0n) is 32.0. The Labute approximate surface area is 324 Å². The zero-order valence-corrected chi connectivity index (χ0v) is 35.5. The summed E-state index contributed by atoms with van der Waals surface area (Å²) in [4.78, 5) is 0. The number of hydrogen-bond donors (Lipinski definition) is 0. The summed E-state index contributed by atoms with van der Waals surface area (Å²) in [6.07, 6.45) is 0. The molecule has 54 heavy (non-hydrogen) atoms. The Morgan fingerprint density at radius 1 is 0.426 bits per heavy atom. The van der Waals surface area contributed by atoms with Crippen LogP contribution < -0.4 is 10.4 Å². The zero-order chi connectivity index (χ0) is 36.7. The molecule has 0 fully saturated rings. The van der Waals surface area contributed by atoms with E-state index in [-0.39, 0.29) is 0 Å². The number of fused-ring (bicyclic) bond motifs is 6. The normalized spacial score (nSPS) is 19.4. The molecule has 2 atom stereocenters. The van der Waals surface area contributed by atoms with Gasteiger partial charge in [-0.25, -0.2) is 0 Å². The predicted molar refractivity (Wildman–Crippen MR) is 233 cm³/mol. The van der Waals surface area contributed by atoms with Crippen molar-refractivity contribution in [1.29, 1.82) is 0 Å². The summed E-state index contributed by atoms with van der Waals surface area (Å²) in [6, 6.07) is 56.4.